The second kappa shape index (κ2) is 7.58. The van der Waals surface area contributed by atoms with Crippen LogP contribution in [0.25, 0.3) is 0 Å². The summed E-state index contributed by atoms with van der Waals surface area (Å²) in [6.45, 7) is 6.80. The van der Waals surface area contributed by atoms with E-state index in [0.717, 1.165) is 12.0 Å². The molecule has 0 bridgehead atoms. The molecule has 8 heteroatoms. The Morgan fingerprint density at radius 2 is 2.00 bits per heavy atom. The number of carbonyl (C=O) groups excluding carboxylic acids is 3. The Morgan fingerprint density at radius 3 is 2.56 bits per heavy atom. The number of nitrogens with one attached hydrogen (secondary N) is 2. The number of primary amides is 1. The first-order chi connectivity index (χ1) is 11.7. The van der Waals surface area contributed by atoms with E-state index in [4.69, 9.17) is 5.73 Å². The number of nitrogens with zero attached hydrogens (tertiary/aromatic N) is 2. The van der Waals surface area contributed by atoms with Gasteiger partial charge in [-0.1, -0.05) is 13.8 Å². The SMILES string of the molecule is CC(C)Cc1c[nH]c(C(=O)N2CC(N(C)C(=O)[C@H](C)NC(N)=O)C2)c1. The van der Waals surface area contributed by atoms with Gasteiger partial charge in [-0.2, -0.15) is 0 Å². The van der Waals surface area contributed by atoms with E-state index in [0.29, 0.717) is 24.7 Å². The summed E-state index contributed by atoms with van der Waals surface area (Å²) < 4.78 is 0. The number of H-pyrrole nitrogens is 1. The van der Waals surface area contributed by atoms with E-state index >= 15 is 0 Å². The van der Waals surface area contributed by atoms with E-state index in [1.807, 2.05) is 12.3 Å². The van der Waals surface area contributed by atoms with E-state index < -0.39 is 12.1 Å². The van der Waals surface area contributed by atoms with Crippen LogP contribution in [0.3, 0.4) is 0 Å². The predicted octanol–water partition coefficient (Wildman–Crippen LogP) is 0.553. The highest BCUT2D eigenvalue weighted by Gasteiger charge is 2.37. The lowest BCUT2D eigenvalue weighted by Crippen LogP contribution is -2.63. The monoisotopic (exact) mass is 349 g/mol. The molecule has 1 saturated heterocycles. The van der Waals surface area contributed by atoms with Crippen molar-refractivity contribution in [1.29, 1.82) is 0 Å². The Morgan fingerprint density at radius 1 is 1.36 bits per heavy atom. The van der Waals surface area contributed by atoms with E-state index in [1.165, 1.54) is 0 Å². The normalized spacial score (nSPS) is 15.6. The zero-order chi connectivity index (χ0) is 18.7. The lowest BCUT2D eigenvalue weighted by Gasteiger charge is -2.44. The second-order valence-electron chi connectivity index (χ2n) is 7.06. The summed E-state index contributed by atoms with van der Waals surface area (Å²) in [6, 6.07) is 0.417. The number of hydrogen-bond acceptors (Lipinski definition) is 3. The molecule has 4 amide bonds. The highest BCUT2D eigenvalue weighted by atomic mass is 16.2. The van der Waals surface area contributed by atoms with Crippen LogP contribution in [-0.2, 0) is 11.2 Å². The van der Waals surface area contributed by atoms with Gasteiger partial charge in [-0.3, -0.25) is 9.59 Å². The molecule has 1 fully saturated rings. The van der Waals surface area contributed by atoms with Crippen LogP contribution in [0.1, 0.15) is 36.8 Å². The molecule has 1 atom stereocenters. The molecular formula is C17H27N5O3. The van der Waals surface area contributed by atoms with Gasteiger partial charge in [0.1, 0.15) is 11.7 Å². The molecule has 0 aliphatic carbocycles. The van der Waals surface area contributed by atoms with Crippen molar-refractivity contribution in [1.82, 2.24) is 20.1 Å². The van der Waals surface area contributed by atoms with Crippen LogP contribution in [0.4, 0.5) is 4.79 Å². The van der Waals surface area contributed by atoms with Gasteiger partial charge in [0, 0.05) is 26.3 Å². The molecule has 1 aromatic rings. The van der Waals surface area contributed by atoms with Crippen LogP contribution < -0.4 is 11.1 Å². The molecule has 2 heterocycles. The summed E-state index contributed by atoms with van der Waals surface area (Å²) in [5, 5.41) is 2.37. The predicted molar refractivity (Wildman–Crippen MR) is 94.0 cm³/mol. The summed E-state index contributed by atoms with van der Waals surface area (Å²) in [6.07, 6.45) is 2.80. The zero-order valence-corrected chi connectivity index (χ0v) is 15.2. The fourth-order valence-corrected chi connectivity index (χ4v) is 2.95. The molecule has 1 aromatic heterocycles. The minimum atomic E-state index is -0.733. The molecule has 1 aliphatic rings. The maximum atomic E-state index is 12.5. The standard InChI is InChI=1S/C17H27N5O3/c1-10(2)5-12-6-14(19-7-12)16(24)22-8-13(9-22)21(4)15(23)11(3)20-17(18)25/h6-7,10-11,13,19H,5,8-9H2,1-4H3,(H3,18,20,25)/t11-/m0/s1. The zero-order valence-electron chi connectivity index (χ0n) is 15.2. The second-order valence-corrected chi connectivity index (χ2v) is 7.06. The molecule has 0 unspecified atom stereocenters. The first-order valence-corrected chi connectivity index (χ1v) is 8.48. The molecular weight excluding hydrogens is 322 g/mol. The van der Waals surface area contributed by atoms with E-state index in [1.54, 1.807) is 23.8 Å². The molecule has 0 radical (unpaired) electrons. The van der Waals surface area contributed by atoms with Gasteiger partial charge in [0.2, 0.25) is 5.91 Å². The van der Waals surface area contributed by atoms with Gasteiger partial charge >= 0.3 is 6.03 Å². The van der Waals surface area contributed by atoms with Gasteiger partial charge in [0.25, 0.3) is 5.91 Å². The number of hydrogen-bond donors (Lipinski definition) is 3. The Balaban J connectivity index is 1.86. The summed E-state index contributed by atoms with van der Waals surface area (Å²) in [7, 11) is 1.67. The van der Waals surface area contributed by atoms with Crippen molar-refractivity contribution in [2.45, 2.75) is 39.3 Å². The van der Waals surface area contributed by atoms with Crippen molar-refractivity contribution in [2.24, 2.45) is 11.7 Å². The van der Waals surface area contributed by atoms with Crippen LogP contribution in [0, 0.1) is 5.92 Å². The van der Waals surface area contributed by atoms with Crippen molar-refractivity contribution in [2.75, 3.05) is 20.1 Å². The van der Waals surface area contributed by atoms with Crippen molar-refractivity contribution in [3.05, 3.63) is 23.5 Å². The third-order valence-corrected chi connectivity index (χ3v) is 4.39. The molecule has 0 saturated carbocycles. The molecule has 4 N–H and O–H groups in total. The lowest BCUT2D eigenvalue weighted by atomic mass is 10.0. The summed E-state index contributed by atoms with van der Waals surface area (Å²) >= 11 is 0. The molecule has 0 aromatic carbocycles. The Kier molecular flexibility index (Phi) is 5.71. The summed E-state index contributed by atoms with van der Waals surface area (Å²) in [5.74, 6) is 0.244. The number of urea groups is 1. The van der Waals surface area contributed by atoms with Crippen LogP contribution in [0.5, 0.6) is 0 Å². The van der Waals surface area contributed by atoms with E-state index in [2.05, 4.69) is 24.1 Å². The summed E-state index contributed by atoms with van der Waals surface area (Å²) in [4.78, 5) is 41.8. The van der Waals surface area contributed by atoms with Crippen molar-refractivity contribution in [3.8, 4) is 0 Å². The van der Waals surface area contributed by atoms with E-state index in [-0.39, 0.29) is 17.9 Å². The Bertz CT molecular complexity index is 648. The minimum Gasteiger partial charge on any atom is -0.357 e. The van der Waals surface area contributed by atoms with Crippen molar-refractivity contribution < 1.29 is 14.4 Å². The average Bonchev–Trinajstić information content (AvgIpc) is 2.91. The van der Waals surface area contributed by atoms with Crippen LogP contribution in [0.2, 0.25) is 0 Å². The average molecular weight is 349 g/mol. The van der Waals surface area contributed by atoms with E-state index in [9.17, 15) is 14.4 Å². The van der Waals surface area contributed by atoms with Crippen molar-refractivity contribution >= 4 is 17.8 Å². The number of aromatic amines is 1. The van der Waals surface area contributed by atoms with Gasteiger partial charge in [0.05, 0.1) is 6.04 Å². The number of likely N-dealkylation sites (tertiary alicyclic amines) is 1. The van der Waals surface area contributed by atoms with Gasteiger partial charge in [-0.05, 0) is 30.9 Å². The van der Waals surface area contributed by atoms with Gasteiger partial charge in [-0.25, -0.2) is 4.79 Å². The Hall–Kier alpha value is -2.51. The first-order valence-electron chi connectivity index (χ1n) is 8.48. The lowest BCUT2D eigenvalue weighted by molar-refractivity contribution is -0.136. The number of aromatic nitrogens is 1. The molecule has 8 nitrogen and oxygen atoms in total. The van der Waals surface area contributed by atoms with Gasteiger partial charge in [0.15, 0.2) is 0 Å². The molecule has 0 spiro atoms. The highest BCUT2D eigenvalue weighted by molar-refractivity contribution is 5.93. The number of nitrogens with two attached hydrogens (primary N) is 1. The number of likely N-dealkylation sites (N-methyl/N-ethyl adjacent to an activating group) is 1. The first kappa shape index (κ1) is 18.8. The smallest absolute Gasteiger partial charge is 0.312 e. The van der Waals surface area contributed by atoms with Gasteiger partial charge < -0.3 is 25.8 Å². The maximum absolute atomic E-state index is 12.5. The largest absolute Gasteiger partial charge is 0.357 e. The topological polar surface area (TPSA) is 112 Å². The fourth-order valence-electron chi connectivity index (χ4n) is 2.95. The number of rotatable bonds is 6. The molecule has 1 aliphatic heterocycles. The quantitative estimate of drug-likeness (QED) is 0.697. The minimum absolute atomic E-state index is 0.0568. The van der Waals surface area contributed by atoms with Gasteiger partial charge in [-0.15, -0.1) is 0 Å². The van der Waals surface area contributed by atoms with Crippen LogP contribution >= 0.6 is 0 Å². The molecule has 138 valence electrons. The third-order valence-electron chi connectivity index (χ3n) is 4.39. The number of carbonyl (C=O) groups is 3. The Labute approximate surface area is 147 Å². The summed E-state index contributed by atoms with van der Waals surface area (Å²) in [5.41, 5.74) is 6.73. The maximum Gasteiger partial charge on any atom is 0.312 e. The molecule has 25 heavy (non-hydrogen) atoms. The van der Waals surface area contributed by atoms with Crippen molar-refractivity contribution in [3.63, 3.8) is 0 Å². The highest BCUT2D eigenvalue weighted by Crippen LogP contribution is 2.19. The number of amides is 4. The van der Waals surface area contributed by atoms with Crippen LogP contribution in [0.15, 0.2) is 12.3 Å². The third kappa shape index (κ3) is 4.52. The van der Waals surface area contributed by atoms with Crippen LogP contribution in [-0.4, -0.2) is 64.9 Å². The molecule has 2 rings (SSSR count). The fraction of sp³-hybridized carbons (Fsp3) is 0.588.